The number of benzene rings is 1. The van der Waals surface area contributed by atoms with E-state index < -0.39 is 0 Å². The van der Waals surface area contributed by atoms with Crippen LogP contribution in [0.1, 0.15) is 18.9 Å². The second-order valence-corrected chi connectivity index (χ2v) is 7.55. The minimum atomic E-state index is -0.239. The molecule has 1 aromatic carbocycles. The number of aromatic hydroxyl groups is 1. The summed E-state index contributed by atoms with van der Waals surface area (Å²) >= 11 is 0. The summed E-state index contributed by atoms with van der Waals surface area (Å²) in [5.74, 6) is 1.13. The number of hydrazone groups is 1. The molecule has 6 atom stereocenters. The van der Waals surface area contributed by atoms with Gasteiger partial charge in [0, 0.05) is 0 Å². The summed E-state index contributed by atoms with van der Waals surface area (Å²) in [6.07, 6.45) is 6.91. The lowest BCUT2D eigenvalue weighted by molar-refractivity contribution is -0.140. The Morgan fingerprint density at radius 1 is 1.19 bits per heavy atom. The number of phenolic OH excluding ortho intramolecular Hbond substituents is 1. The smallest absolute Gasteiger partial charge is 0.254 e. The fourth-order valence-electron chi connectivity index (χ4n) is 5.06. The van der Waals surface area contributed by atoms with Gasteiger partial charge in [0.05, 0.1) is 24.7 Å². The van der Waals surface area contributed by atoms with Crippen LogP contribution in [0.2, 0.25) is 0 Å². The van der Waals surface area contributed by atoms with Crippen LogP contribution in [0.5, 0.6) is 11.5 Å². The van der Waals surface area contributed by atoms with Gasteiger partial charge in [-0.2, -0.15) is 10.1 Å². The lowest BCUT2D eigenvalue weighted by Gasteiger charge is -2.37. The largest absolute Gasteiger partial charge is 0.504 e. The Kier molecular flexibility index (Phi) is 3.26. The van der Waals surface area contributed by atoms with E-state index in [0.29, 0.717) is 29.8 Å². The van der Waals surface area contributed by atoms with E-state index in [1.807, 2.05) is 6.92 Å². The Morgan fingerprint density at radius 3 is 2.46 bits per heavy atom. The van der Waals surface area contributed by atoms with Gasteiger partial charge in [-0.25, -0.2) is 0 Å². The van der Waals surface area contributed by atoms with Gasteiger partial charge in [-0.1, -0.05) is 12.2 Å². The Balaban J connectivity index is 1.40. The molecule has 5 aliphatic rings. The van der Waals surface area contributed by atoms with Crippen molar-refractivity contribution >= 4 is 18.0 Å². The number of imide groups is 1. The van der Waals surface area contributed by atoms with E-state index in [9.17, 15) is 14.7 Å². The highest BCUT2D eigenvalue weighted by Gasteiger charge is 2.67. The van der Waals surface area contributed by atoms with Crippen LogP contribution in [-0.4, -0.2) is 34.8 Å². The summed E-state index contributed by atoms with van der Waals surface area (Å²) in [5, 5.41) is 15.0. The van der Waals surface area contributed by atoms with Crippen molar-refractivity contribution in [1.29, 1.82) is 0 Å². The first kappa shape index (κ1) is 15.6. The molecular weight excluding hydrogens is 332 g/mol. The van der Waals surface area contributed by atoms with Crippen LogP contribution in [0.4, 0.5) is 0 Å². The zero-order chi connectivity index (χ0) is 18.0. The van der Waals surface area contributed by atoms with Gasteiger partial charge in [0.1, 0.15) is 0 Å². The van der Waals surface area contributed by atoms with Crippen molar-refractivity contribution in [1.82, 2.24) is 5.01 Å². The third-order valence-corrected chi connectivity index (χ3v) is 6.25. The van der Waals surface area contributed by atoms with E-state index >= 15 is 0 Å². The molecule has 134 valence electrons. The maximum atomic E-state index is 12.8. The molecule has 2 bridgehead atoms. The molecule has 1 aromatic rings. The summed E-state index contributed by atoms with van der Waals surface area (Å²) in [7, 11) is 0. The van der Waals surface area contributed by atoms with Gasteiger partial charge < -0.3 is 9.84 Å². The first-order valence-electron chi connectivity index (χ1n) is 9.16. The molecule has 6 heteroatoms. The SMILES string of the molecule is CCOc1cc(C=NN2C(=O)[C@@H]3[C@H]4C=C[C@@H]([C@@H]5C[C@H]45)[C@H]3C2=O)ccc1O. The normalized spacial score (nSPS) is 36.6. The summed E-state index contributed by atoms with van der Waals surface area (Å²) < 4.78 is 5.35. The number of hydrogen-bond donors (Lipinski definition) is 1. The van der Waals surface area contributed by atoms with Crippen LogP contribution >= 0.6 is 0 Å². The quantitative estimate of drug-likeness (QED) is 0.512. The molecule has 6 rings (SSSR count). The van der Waals surface area contributed by atoms with Gasteiger partial charge in [0.2, 0.25) is 0 Å². The number of ether oxygens (including phenoxy) is 1. The highest BCUT2D eigenvalue weighted by atomic mass is 16.5. The monoisotopic (exact) mass is 352 g/mol. The molecule has 1 saturated heterocycles. The molecule has 26 heavy (non-hydrogen) atoms. The summed E-state index contributed by atoms with van der Waals surface area (Å²) in [6.45, 7) is 2.26. The van der Waals surface area contributed by atoms with Crippen molar-refractivity contribution in [2.24, 2.45) is 40.6 Å². The van der Waals surface area contributed by atoms with Crippen molar-refractivity contribution in [2.75, 3.05) is 6.61 Å². The molecule has 1 N–H and O–H groups in total. The van der Waals surface area contributed by atoms with E-state index in [0.717, 1.165) is 11.4 Å². The zero-order valence-electron chi connectivity index (χ0n) is 14.4. The molecule has 0 unspecified atom stereocenters. The Bertz CT molecular complexity index is 825. The van der Waals surface area contributed by atoms with E-state index in [2.05, 4.69) is 17.3 Å². The van der Waals surface area contributed by atoms with Gasteiger partial charge in [0.15, 0.2) is 11.5 Å². The molecule has 4 aliphatic carbocycles. The van der Waals surface area contributed by atoms with Crippen molar-refractivity contribution in [3.63, 3.8) is 0 Å². The summed E-state index contributed by atoms with van der Waals surface area (Å²) in [4.78, 5) is 25.7. The van der Waals surface area contributed by atoms with Gasteiger partial charge in [-0.05, 0) is 60.8 Å². The number of allylic oxidation sites excluding steroid dienone is 2. The first-order valence-corrected chi connectivity index (χ1v) is 9.16. The highest BCUT2D eigenvalue weighted by Crippen LogP contribution is 2.65. The first-order chi connectivity index (χ1) is 12.6. The molecule has 0 radical (unpaired) electrons. The number of carbonyl (C=O) groups is 2. The van der Waals surface area contributed by atoms with Gasteiger partial charge in [-0.3, -0.25) is 9.59 Å². The van der Waals surface area contributed by atoms with E-state index in [-0.39, 0.29) is 41.2 Å². The Labute approximate surface area is 151 Å². The van der Waals surface area contributed by atoms with E-state index in [1.54, 1.807) is 12.1 Å². The van der Waals surface area contributed by atoms with Gasteiger partial charge in [-0.15, -0.1) is 0 Å². The molecule has 6 nitrogen and oxygen atoms in total. The zero-order valence-corrected chi connectivity index (χ0v) is 14.4. The number of phenols is 1. The maximum absolute atomic E-state index is 12.8. The van der Waals surface area contributed by atoms with Crippen molar-refractivity contribution < 1.29 is 19.4 Å². The average Bonchev–Trinajstić information content (AvgIpc) is 3.42. The second-order valence-electron chi connectivity index (χ2n) is 7.55. The third kappa shape index (κ3) is 2.08. The maximum Gasteiger partial charge on any atom is 0.254 e. The number of hydrogen-bond acceptors (Lipinski definition) is 5. The molecule has 0 spiro atoms. The fourth-order valence-corrected chi connectivity index (χ4v) is 5.06. The predicted octanol–water partition coefficient (Wildman–Crippen LogP) is 2.18. The van der Waals surface area contributed by atoms with Crippen LogP contribution in [0.25, 0.3) is 0 Å². The van der Waals surface area contributed by atoms with Crippen LogP contribution in [0, 0.1) is 35.5 Å². The Hall–Kier alpha value is -2.63. The van der Waals surface area contributed by atoms with Crippen molar-refractivity contribution in [3.8, 4) is 11.5 Å². The van der Waals surface area contributed by atoms with E-state index in [1.165, 1.54) is 12.3 Å². The molecule has 2 amide bonds. The molecule has 1 aliphatic heterocycles. The number of rotatable bonds is 4. The minimum Gasteiger partial charge on any atom is -0.504 e. The molecule has 1 heterocycles. The summed E-state index contributed by atoms with van der Waals surface area (Å²) in [6, 6.07) is 4.82. The second kappa shape index (κ2) is 5.43. The van der Waals surface area contributed by atoms with Crippen LogP contribution in [0.3, 0.4) is 0 Å². The van der Waals surface area contributed by atoms with Crippen LogP contribution in [0.15, 0.2) is 35.5 Å². The van der Waals surface area contributed by atoms with Gasteiger partial charge >= 0.3 is 0 Å². The lowest BCUT2D eigenvalue weighted by Crippen LogP contribution is -2.40. The predicted molar refractivity (Wildman–Crippen MR) is 93.4 cm³/mol. The van der Waals surface area contributed by atoms with Crippen LogP contribution < -0.4 is 4.74 Å². The van der Waals surface area contributed by atoms with Crippen LogP contribution in [-0.2, 0) is 9.59 Å². The molecule has 0 aromatic heterocycles. The Morgan fingerprint density at radius 2 is 1.85 bits per heavy atom. The molecule has 3 fully saturated rings. The minimum absolute atomic E-state index is 0.0465. The highest BCUT2D eigenvalue weighted by molar-refractivity contribution is 6.06. The topological polar surface area (TPSA) is 79.2 Å². The molecular formula is C20H20N2O4. The average molecular weight is 352 g/mol. The van der Waals surface area contributed by atoms with Gasteiger partial charge in [0.25, 0.3) is 11.8 Å². The number of amides is 2. The summed E-state index contributed by atoms with van der Waals surface area (Å²) in [5.41, 5.74) is 0.658. The lowest BCUT2D eigenvalue weighted by atomic mass is 9.63. The van der Waals surface area contributed by atoms with E-state index in [4.69, 9.17) is 4.74 Å². The van der Waals surface area contributed by atoms with Crippen molar-refractivity contribution in [3.05, 3.63) is 35.9 Å². The molecule has 2 saturated carbocycles. The third-order valence-electron chi connectivity index (χ3n) is 6.25. The standard InChI is InChI=1S/C20H20N2O4/c1-2-26-16-7-10(3-6-15(16)23)9-21-22-19(24)17-11-4-5-12(14-8-13(11)14)18(17)20(22)25/h3-7,9,11-14,17-18,23H,2,8H2,1H3/t11-,12-,13-,14+,17+,18+/m0/s1. The number of nitrogens with zero attached hydrogens (tertiary/aromatic N) is 2. The van der Waals surface area contributed by atoms with Crippen molar-refractivity contribution in [2.45, 2.75) is 13.3 Å². The fraction of sp³-hybridized carbons (Fsp3) is 0.450. The number of carbonyl (C=O) groups excluding carboxylic acids is 2.